The van der Waals surface area contributed by atoms with Crippen molar-refractivity contribution in [2.45, 2.75) is 16.2 Å². The molecule has 1 aliphatic heterocycles. The molecule has 2 aromatic carbocycles. The lowest BCUT2D eigenvalue weighted by molar-refractivity contribution is -0.136. The summed E-state index contributed by atoms with van der Waals surface area (Å²) in [7, 11) is 0. The summed E-state index contributed by atoms with van der Waals surface area (Å²) in [6.45, 7) is 0. The first-order valence-corrected chi connectivity index (χ1v) is 6.42. The van der Waals surface area contributed by atoms with Crippen LogP contribution in [0.2, 0.25) is 0 Å². The van der Waals surface area contributed by atoms with E-state index in [1.807, 2.05) is 36.4 Å². The largest absolute Gasteiger partial charge is 0.481 e. The SMILES string of the molecule is O=C(O)Cc1ccc2c(c1)Nc1ccccc1S2. The molecule has 0 unspecified atom stereocenters. The zero-order valence-corrected chi connectivity index (χ0v) is 10.3. The number of carboxylic acid groups (broad SMARTS) is 1. The molecule has 1 aliphatic rings. The molecule has 0 bridgehead atoms. The van der Waals surface area contributed by atoms with Crippen LogP contribution in [0, 0.1) is 0 Å². The molecule has 0 saturated carbocycles. The van der Waals surface area contributed by atoms with Crippen molar-refractivity contribution in [3.63, 3.8) is 0 Å². The predicted octanol–water partition coefficient (Wildman–Crippen LogP) is 3.52. The Morgan fingerprint density at radius 1 is 1.11 bits per heavy atom. The van der Waals surface area contributed by atoms with Crippen LogP contribution in [-0.4, -0.2) is 11.1 Å². The van der Waals surface area contributed by atoms with Gasteiger partial charge in [-0.15, -0.1) is 0 Å². The number of hydrogen-bond donors (Lipinski definition) is 2. The Kier molecular flexibility index (Phi) is 2.72. The third kappa shape index (κ3) is 2.07. The first kappa shape index (κ1) is 11.2. The van der Waals surface area contributed by atoms with Gasteiger partial charge in [-0.1, -0.05) is 30.0 Å². The molecule has 0 amide bonds. The normalized spacial score (nSPS) is 12.2. The van der Waals surface area contributed by atoms with Gasteiger partial charge in [0, 0.05) is 9.79 Å². The lowest BCUT2D eigenvalue weighted by atomic mass is 10.1. The van der Waals surface area contributed by atoms with Crippen molar-refractivity contribution >= 4 is 29.1 Å². The number of anilines is 2. The molecule has 4 heteroatoms. The molecule has 90 valence electrons. The van der Waals surface area contributed by atoms with Crippen molar-refractivity contribution in [3.8, 4) is 0 Å². The molecule has 0 fully saturated rings. The van der Waals surface area contributed by atoms with Crippen molar-refractivity contribution in [2.75, 3.05) is 5.32 Å². The fourth-order valence-electron chi connectivity index (χ4n) is 1.97. The highest BCUT2D eigenvalue weighted by molar-refractivity contribution is 7.99. The van der Waals surface area contributed by atoms with E-state index in [1.165, 1.54) is 4.90 Å². The number of fused-ring (bicyclic) bond motifs is 2. The van der Waals surface area contributed by atoms with Crippen LogP contribution in [0.5, 0.6) is 0 Å². The molecule has 0 aliphatic carbocycles. The minimum Gasteiger partial charge on any atom is -0.481 e. The third-order valence-electron chi connectivity index (χ3n) is 2.78. The van der Waals surface area contributed by atoms with Gasteiger partial charge in [-0.25, -0.2) is 0 Å². The van der Waals surface area contributed by atoms with Crippen molar-refractivity contribution < 1.29 is 9.90 Å². The van der Waals surface area contributed by atoms with E-state index in [1.54, 1.807) is 11.8 Å². The summed E-state index contributed by atoms with van der Waals surface area (Å²) >= 11 is 1.70. The molecule has 0 spiro atoms. The fraction of sp³-hybridized carbons (Fsp3) is 0.0714. The summed E-state index contributed by atoms with van der Waals surface area (Å²) in [5.41, 5.74) is 2.87. The predicted molar refractivity (Wildman–Crippen MR) is 71.6 cm³/mol. The highest BCUT2D eigenvalue weighted by Gasteiger charge is 2.15. The molecule has 3 rings (SSSR count). The molecule has 0 atom stereocenters. The van der Waals surface area contributed by atoms with Gasteiger partial charge >= 0.3 is 5.97 Å². The average Bonchev–Trinajstić information content (AvgIpc) is 2.35. The first-order chi connectivity index (χ1) is 8.72. The molecular weight excluding hydrogens is 246 g/mol. The third-order valence-corrected chi connectivity index (χ3v) is 3.93. The maximum absolute atomic E-state index is 10.7. The highest BCUT2D eigenvalue weighted by atomic mass is 32.2. The zero-order chi connectivity index (χ0) is 12.5. The van der Waals surface area contributed by atoms with Crippen LogP contribution >= 0.6 is 11.8 Å². The van der Waals surface area contributed by atoms with E-state index < -0.39 is 5.97 Å². The molecule has 3 nitrogen and oxygen atoms in total. The Labute approximate surface area is 109 Å². The quantitative estimate of drug-likeness (QED) is 0.737. The molecule has 0 saturated heterocycles. The van der Waals surface area contributed by atoms with E-state index in [4.69, 9.17) is 5.11 Å². The molecule has 2 aromatic rings. The number of carboxylic acids is 1. The van der Waals surface area contributed by atoms with Gasteiger partial charge < -0.3 is 10.4 Å². The summed E-state index contributed by atoms with van der Waals surface area (Å²) in [6.07, 6.45) is 0.0568. The topological polar surface area (TPSA) is 49.3 Å². The van der Waals surface area contributed by atoms with E-state index in [0.29, 0.717) is 0 Å². The van der Waals surface area contributed by atoms with Crippen LogP contribution in [0.3, 0.4) is 0 Å². The number of rotatable bonds is 2. The maximum atomic E-state index is 10.7. The molecule has 0 radical (unpaired) electrons. The Balaban J connectivity index is 1.96. The molecule has 2 N–H and O–H groups in total. The van der Waals surface area contributed by atoms with Crippen LogP contribution in [0.1, 0.15) is 5.56 Å². The minimum absolute atomic E-state index is 0.0568. The smallest absolute Gasteiger partial charge is 0.307 e. The Morgan fingerprint density at radius 3 is 2.72 bits per heavy atom. The Bertz CT molecular complexity index is 625. The number of para-hydroxylation sites is 1. The van der Waals surface area contributed by atoms with Crippen molar-refractivity contribution in [2.24, 2.45) is 0 Å². The number of nitrogens with one attached hydrogen (secondary N) is 1. The lowest BCUT2D eigenvalue weighted by Gasteiger charge is -2.21. The van der Waals surface area contributed by atoms with E-state index in [-0.39, 0.29) is 6.42 Å². The summed E-state index contributed by atoms with van der Waals surface area (Å²) in [5, 5.41) is 12.1. The lowest BCUT2D eigenvalue weighted by Crippen LogP contribution is -2.03. The number of hydrogen-bond acceptors (Lipinski definition) is 3. The summed E-state index contributed by atoms with van der Waals surface area (Å²) in [6, 6.07) is 13.8. The van der Waals surface area contributed by atoms with Gasteiger partial charge in [-0.3, -0.25) is 4.79 Å². The molecule has 18 heavy (non-hydrogen) atoms. The number of benzene rings is 2. The van der Waals surface area contributed by atoms with Gasteiger partial charge in [-0.05, 0) is 29.8 Å². The monoisotopic (exact) mass is 257 g/mol. The van der Waals surface area contributed by atoms with Crippen molar-refractivity contribution in [3.05, 3.63) is 48.0 Å². The van der Waals surface area contributed by atoms with E-state index in [2.05, 4.69) is 11.4 Å². The van der Waals surface area contributed by atoms with Gasteiger partial charge in [0.15, 0.2) is 0 Å². The van der Waals surface area contributed by atoms with Crippen LogP contribution in [0.4, 0.5) is 11.4 Å². The average molecular weight is 257 g/mol. The number of aliphatic carboxylic acids is 1. The molecule has 0 aromatic heterocycles. The van der Waals surface area contributed by atoms with Gasteiger partial charge in [-0.2, -0.15) is 0 Å². The van der Waals surface area contributed by atoms with Crippen LogP contribution in [0.25, 0.3) is 0 Å². The van der Waals surface area contributed by atoms with Gasteiger partial charge in [0.25, 0.3) is 0 Å². The van der Waals surface area contributed by atoms with Crippen molar-refractivity contribution in [1.29, 1.82) is 0 Å². The highest BCUT2D eigenvalue weighted by Crippen LogP contribution is 2.44. The van der Waals surface area contributed by atoms with Crippen molar-refractivity contribution in [1.82, 2.24) is 0 Å². The second-order valence-corrected chi connectivity index (χ2v) is 5.21. The van der Waals surface area contributed by atoms with Crippen LogP contribution in [0.15, 0.2) is 52.3 Å². The molecular formula is C14H11NO2S. The van der Waals surface area contributed by atoms with Crippen LogP contribution < -0.4 is 5.32 Å². The summed E-state index contributed by atoms with van der Waals surface area (Å²) in [5.74, 6) is -0.807. The summed E-state index contributed by atoms with van der Waals surface area (Å²) in [4.78, 5) is 13.0. The van der Waals surface area contributed by atoms with Gasteiger partial charge in [0.05, 0.1) is 17.8 Å². The number of carbonyl (C=O) groups is 1. The Hall–Kier alpha value is -1.94. The minimum atomic E-state index is -0.807. The Morgan fingerprint density at radius 2 is 1.89 bits per heavy atom. The zero-order valence-electron chi connectivity index (χ0n) is 9.51. The van der Waals surface area contributed by atoms with E-state index in [0.717, 1.165) is 21.8 Å². The van der Waals surface area contributed by atoms with Crippen LogP contribution in [-0.2, 0) is 11.2 Å². The first-order valence-electron chi connectivity index (χ1n) is 5.61. The standard InChI is InChI=1S/C14H11NO2S/c16-14(17)8-9-5-6-13-11(7-9)15-10-3-1-2-4-12(10)18-13/h1-7,15H,8H2,(H,16,17). The van der Waals surface area contributed by atoms with Gasteiger partial charge in [0.2, 0.25) is 0 Å². The maximum Gasteiger partial charge on any atom is 0.307 e. The fourth-order valence-corrected chi connectivity index (χ4v) is 2.94. The van der Waals surface area contributed by atoms with Gasteiger partial charge in [0.1, 0.15) is 0 Å². The van der Waals surface area contributed by atoms with E-state index >= 15 is 0 Å². The second kappa shape index (κ2) is 4.38. The summed E-state index contributed by atoms with van der Waals surface area (Å²) < 4.78 is 0. The second-order valence-electron chi connectivity index (χ2n) is 4.12. The molecule has 1 heterocycles. The van der Waals surface area contributed by atoms with E-state index in [9.17, 15) is 4.79 Å².